The normalized spacial score (nSPS) is 24.9. The zero-order chi connectivity index (χ0) is 13.0. The summed E-state index contributed by atoms with van der Waals surface area (Å²) < 4.78 is 27.0. The smallest absolute Gasteiger partial charge is 0.248 e. The Bertz CT molecular complexity index is 354. The van der Waals surface area contributed by atoms with Gasteiger partial charge in [-0.25, -0.2) is 8.78 Å². The molecule has 0 bridgehead atoms. The van der Waals surface area contributed by atoms with Gasteiger partial charge in [-0.2, -0.15) is 0 Å². The third-order valence-electron chi connectivity index (χ3n) is 3.62. The van der Waals surface area contributed by atoms with Gasteiger partial charge >= 0.3 is 0 Å². The highest BCUT2D eigenvalue weighted by Crippen LogP contribution is 2.38. The number of aromatic nitrogens is 1. The summed E-state index contributed by atoms with van der Waals surface area (Å²) in [5, 5.41) is 3.37. The predicted molar refractivity (Wildman–Crippen MR) is 70.2 cm³/mol. The van der Waals surface area contributed by atoms with Crippen molar-refractivity contribution in [2.24, 2.45) is 5.92 Å². The van der Waals surface area contributed by atoms with Gasteiger partial charge in [0.2, 0.25) is 5.92 Å². The van der Waals surface area contributed by atoms with E-state index in [1.807, 2.05) is 13.1 Å². The number of halogens is 2. The topological polar surface area (TPSA) is 24.9 Å². The highest BCUT2D eigenvalue weighted by molar-refractivity contribution is 7.09. The molecule has 1 aliphatic carbocycles. The van der Waals surface area contributed by atoms with Crippen molar-refractivity contribution in [1.29, 1.82) is 0 Å². The highest BCUT2D eigenvalue weighted by atomic mass is 32.1. The zero-order valence-electron chi connectivity index (χ0n) is 10.7. The molecule has 2 atom stereocenters. The predicted octanol–water partition coefficient (Wildman–Crippen LogP) is 3.49. The van der Waals surface area contributed by atoms with Crippen LogP contribution in [0.3, 0.4) is 0 Å². The van der Waals surface area contributed by atoms with Gasteiger partial charge in [0.15, 0.2) is 0 Å². The lowest BCUT2D eigenvalue weighted by Crippen LogP contribution is -2.42. The Morgan fingerprint density at radius 1 is 1.61 bits per heavy atom. The molecule has 102 valence electrons. The van der Waals surface area contributed by atoms with Crippen molar-refractivity contribution in [2.45, 2.75) is 51.0 Å². The SMILES string of the molecule is CCNC(Cc1cncs1)C1CCCC(F)(F)C1. The van der Waals surface area contributed by atoms with Crippen molar-refractivity contribution in [3.05, 3.63) is 16.6 Å². The Kier molecular flexibility index (Phi) is 4.67. The number of likely N-dealkylation sites (N-methyl/N-ethyl adjacent to an activating group) is 1. The number of alkyl halides is 2. The minimum atomic E-state index is -2.47. The molecule has 1 fully saturated rings. The van der Waals surface area contributed by atoms with Gasteiger partial charge in [0.25, 0.3) is 0 Å². The van der Waals surface area contributed by atoms with Crippen LogP contribution < -0.4 is 5.32 Å². The van der Waals surface area contributed by atoms with Crippen LogP contribution in [0.2, 0.25) is 0 Å². The first-order valence-corrected chi connectivity index (χ1v) is 7.47. The molecule has 1 aliphatic rings. The first kappa shape index (κ1) is 13.9. The van der Waals surface area contributed by atoms with E-state index < -0.39 is 5.92 Å². The van der Waals surface area contributed by atoms with Crippen molar-refractivity contribution in [1.82, 2.24) is 10.3 Å². The van der Waals surface area contributed by atoms with E-state index in [0.29, 0.717) is 6.42 Å². The van der Waals surface area contributed by atoms with Crippen LogP contribution in [0.25, 0.3) is 0 Å². The summed E-state index contributed by atoms with van der Waals surface area (Å²) >= 11 is 1.60. The van der Waals surface area contributed by atoms with Crippen LogP contribution >= 0.6 is 11.3 Å². The van der Waals surface area contributed by atoms with E-state index in [1.165, 1.54) is 4.88 Å². The summed E-state index contributed by atoms with van der Waals surface area (Å²) in [7, 11) is 0. The van der Waals surface area contributed by atoms with E-state index in [0.717, 1.165) is 19.4 Å². The van der Waals surface area contributed by atoms with Crippen LogP contribution in [-0.4, -0.2) is 23.5 Å². The van der Waals surface area contributed by atoms with E-state index in [-0.39, 0.29) is 24.8 Å². The van der Waals surface area contributed by atoms with Crippen molar-refractivity contribution in [2.75, 3.05) is 6.54 Å². The van der Waals surface area contributed by atoms with Gasteiger partial charge < -0.3 is 5.32 Å². The van der Waals surface area contributed by atoms with Crippen LogP contribution in [0.5, 0.6) is 0 Å². The standard InChI is InChI=1S/C13H20F2N2S/c1-2-17-12(6-11-8-16-9-18-11)10-4-3-5-13(14,15)7-10/h8-10,12,17H,2-7H2,1H3. The third kappa shape index (κ3) is 3.72. The molecule has 5 heteroatoms. The first-order chi connectivity index (χ1) is 8.61. The Morgan fingerprint density at radius 2 is 2.44 bits per heavy atom. The number of thiazole rings is 1. The minimum Gasteiger partial charge on any atom is -0.314 e. The number of rotatable bonds is 5. The van der Waals surface area contributed by atoms with Gasteiger partial charge in [0, 0.05) is 30.0 Å². The molecule has 0 saturated heterocycles. The van der Waals surface area contributed by atoms with Crippen molar-refractivity contribution < 1.29 is 8.78 Å². The lowest BCUT2D eigenvalue weighted by molar-refractivity contribution is -0.0579. The monoisotopic (exact) mass is 274 g/mol. The van der Waals surface area contributed by atoms with Crippen LogP contribution in [0, 0.1) is 5.92 Å². The molecule has 1 saturated carbocycles. The zero-order valence-corrected chi connectivity index (χ0v) is 11.5. The van der Waals surface area contributed by atoms with E-state index in [4.69, 9.17) is 0 Å². The summed E-state index contributed by atoms with van der Waals surface area (Å²) in [6.45, 7) is 2.85. The summed E-state index contributed by atoms with van der Waals surface area (Å²) in [4.78, 5) is 5.23. The number of nitrogens with one attached hydrogen (secondary N) is 1. The van der Waals surface area contributed by atoms with E-state index >= 15 is 0 Å². The maximum absolute atomic E-state index is 13.5. The fraction of sp³-hybridized carbons (Fsp3) is 0.769. The van der Waals surface area contributed by atoms with Gasteiger partial charge in [-0.05, 0) is 31.7 Å². The molecule has 0 radical (unpaired) electrons. The molecule has 0 amide bonds. The van der Waals surface area contributed by atoms with Crippen molar-refractivity contribution >= 4 is 11.3 Å². The fourth-order valence-electron chi connectivity index (χ4n) is 2.78. The maximum atomic E-state index is 13.5. The Balaban J connectivity index is 2.00. The van der Waals surface area contributed by atoms with E-state index in [1.54, 1.807) is 16.8 Å². The van der Waals surface area contributed by atoms with Gasteiger partial charge in [-0.15, -0.1) is 11.3 Å². The van der Waals surface area contributed by atoms with Gasteiger partial charge in [0.05, 0.1) is 5.51 Å². The molecule has 1 aromatic heterocycles. The number of hydrogen-bond acceptors (Lipinski definition) is 3. The highest BCUT2D eigenvalue weighted by Gasteiger charge is 2.39. The molecule has 1 N–H and O–H groups in total. The Labute approximate surface area is 111 Å². The summed E-state index contributed by atoms with van der Waals surface area (Å²) in [5.41, 5.74) is 1.80. The third-order valence-corrected chi connectivity index (χ3v) is 4.42. The number of hydrogen-bond donors (Lipinski definition) is 1. The van der Waals surface area contributed by atoms with Crippen LogP contribution in [0.4, 0.5) is 8.78 Å². The average Bonchev–Trinajstić information content (AvgIpc) is 2.80. The van der Waals surface area contributed by atoms with Gasteiger partial charge in [0.1, 0.15) is 0 Å². The minimum absolute atomic E-state index is 0.0312. The summed E-state index contributed by atoms with van der Waals surface area (Å²) in [5.74, 6) is -2.39. The molecular weight excluding hydrogens is 254 g/mol. The molecule has 0 aromatic carbocycles. The van der Waals surface area contributed by atoms with Crippen LogP contribution in [-0.2, 0) is 6.42 Å². The number of nitrogens with zero attached hydrogens (tertiary/aromatic N) is 1. The maximum Gasteiger partial charge on any atom is 0.248 e. The summed E-state index contributed by atoms with van der Waals surface area (Å²) in [6, 6.07) is 0.154. The largest absolute Gasteiger partial charge is 0.314 e. The van der Waals surface area contributed by atoms with Crippen LogP contribution in [0.15, 0.2) is 11.7 Å². The van der Waals surface area contributed by atoms with E-state index in [9.17, 15) is 8.78 Å². The molecule has 18 heavy (non-hydrogen) atoms. The van der Waals surface area contributed by atoms with Gasteiger partial charge in [-0.3, -0.25) is 4.98 Å². The fourth-order valence-corrected chi connectivity index (χ4v) is 3.44. The molecule has 2 nitrogen and oxygen atoms in total. The lowest BCUT2D eigenvalue weighted by Gasteiger charge is -2.34. The second kappa shape index (κ2) is 6.06. The molecule has 1 aromatic rings. The second-order valence-corrected chi connectivity index (χ2v) is 6.02. The molecule has 0 aliphatic heterocycles. The first-order valence-electron chi connectivity index (χ1n) is 6.59. The average molecular weight is 274 g/mol. The van der Waals surface area contributed by atoms with Gasteiger partial charge in [-0.1, -0.05) is 6.92 Å². The Hall–Kier alpha value is -0.550. The molecule has 1 heterocycles. The second-order valence-electron chi connectivity index (χ2n) is 5.05. The summed E-state index contributed by atoms with van der Waals surface area (Å²) in [6.07, 6.45) is 4.30. The molecule has 0 spiro atoms. The quantitative estimate of drug-likeness (QED) is 0.889. The van der Waals surface area contributed by atoms with E-state index in [2.05, 4.69) is 10.3 Å². The lowest BCUT2D eigenvalue weighted by atomic mass is 9.80. The van der Waals surface area contributed by atoms with Crippen molar-refractivity contribution in [3.63, 3.8) is 0 Å². The van der Waals surface area contributed by atoms with Crippen molar-refractivity contribution in [3.8, 4) is 0 Å². The molecular formula is C13H20F2N2S. The molecule has 2 rings (SSSR count). The molecule has 2 unspecified atom stereocenters. The van der Waals surface area contributed by atoms with Crippen LogP contribution in [0.1, 0.15) is 37.5 Å². The Morgan fingerprint density at radius 3 is 3.06 bits per heavy atom.